The molecule has 2 heterocycles. The molecule has 0 radical (unpaired) electrons. The molecule has 0 spiro atoms. The van der Waals surface area contributed by atoms with E-state index in [1.165, 1.54) is 35.9 Å². The lowest BCUT2D eigenvalue weighted by molar-refractivity contribution is -0.117. The molecule has 34 heavy (non-hydrogen) atoms. The van der Waals surface area contributed by atoms with E-state index in [1.807, 2.05) is 42.5 Å². The predicted octanol–water partition coefficient (Wildman–Crippen LogP) is 5.18. The largest absolute Gasteiger partial charge is 0.510 e. The zero-order valence-electron chi connectivity index (χ0n) is 18.8. The number of aliphatic hydroxyl groups excluding tert-OH is 1. The van der Waals surface area contributed by atoms with Crippen LogP contribution >= 0.6 is 23.1 Å². The Kier molecular flexibility index (Phi) is 8.39. The number of carbonyl (C=O) groups excluding carboxylic acids is 1. The van der Waals surface area contributed by atoms with Crippen LogP contribution in [0.15, 0.2) is 64.3 Å². The summed E-state index contributed by atoms with van der Waals surface area (Å²) in [5.41, 5.74) is 0.645. The minimum absolute atomic E-state index is 0.0749. The molecule has 1 aliphatic carbocycles. The molecule has 1 aliphatic rings. The number of nitrogens with zero attached hydrogens (tertiary/aromatic N) is 4. The second-order valence-electron chi connectivity index (χ2n) is 8.21. The lowest BCUT2D eigenvalue weighted by atomic mass is 9.95. The third kappa shape index (κ3) is 6.07. The van der Waals surface area contributed by atoms with E-state index in [1.54, 1.807) is 11.3 Å². The number of nitriles is 1. The molecular formula is C25H27N5O2S2. The highest BCUT2D eigenvalue weighted by Crippen LogP contribution is 2.34. The van der Waals surface area contributed by atoms with Crippen molar-refractivity contribution in [2.75, 3.05) is 5.75 Å². The molecule has 1 amide bonds. The van der Waals surface area contributed by atoms with Gasteiger partial charge in [-0.2, -0.15) is 5.26 Å². The summed E-state index contributed by atoms with van der Waals surface area (Å²) in [5, 5.41) is 34.4. The van der Waals surface area contributed by atoms with Crippen molar-refractivity contribution in [1.29, 1.82) is 5.26 Å². The van der Waals surface area contributed by atoms with E-state index in [4.69, 9.17) is 0 Å². The molecular weight excluding hydrogens is 466 g/mol. The number of aliphatic hydroxyl groups is 1. The summed E-state index contributed by atoms with van der Waals surface area (Å²) in [6.45, 7) is 0.285. The maximum absolute atomic E-state index is 12.5. The highest BCUT2D eigenvalue weighted by Gasteiger charge is 2.24. The van der Waals surface area contributed by atoms with Crippen LogP contribution < -0.4 is 5.32 Å². The molecule has 7 nitrogen and oxygen atoms in total. The standard InChI is InChI=1S/C25H27N5O2S2/c26-15-21(24(32)27-16-18-8-3-1-4-9-18)22(31)17-34-25-29-28-23(14-20-12-7-13-33-20)30(25)19-10-5-2-6-11-19/h1,3-4,7-9,12-13,19,31H,2,5-6,10-11,14,16-17H2,(H,27,32)/b22-21-. The average Bonchev–Trinajstić information content (AvgIpc) is 3.53. The molecule has 0 aliphatic heterocycles. The van der Waals surface area contributed by atoms with Crippen LogP contribution in [0.4, 0.5) is 0 Å². The van der Waals surface area contributed by atoms with E-state index in [0.717, 1.165) is 30.7 Å². The van der Waals surface area contributed by atoms with Crippen molar-refractivity contribution in [3.05, 3.63) is 75.4 Å². The van der Waals surface area contributed by atoms with Crippen molar-refractivity contribution in [1.82, 2.24) is 20.1 Å². The maximum atomic E-state index is 12.5. The second kappa shape index (κ2) is 11.9. The number of rotatable bonds is 9. The number of amides is 1. The first-order valence-electron chi connectivity index (χ1n) is 11.4. The Balaban J connectivity index is 1.47. The van der Waals surface area contributed by atoms with Gasteiger partial charge in [-0.3, -0.25) is 4.79 Å². The number of thioether (sulfide) groups is 1. The molecule has 176 valence electrons. The number of aromatic nitrogens is 3. The molecule has 0 bridgehead atoms. The number of hydrogen-bond acceptors (Lipinski definition) is 7. The summed E-state index contributed by atoms with van der Waals surface area (Å²) in [7, 11) is 0. The quantitative estimate of drug-likeness (QED) is 0.184. The van der Waals surface area contributed by atoms with Crippen molar-refractivity contribution >= 4 is 29.0 Å². The zero-order chi connectivity index (χ0) is 23.8. The lowest BCUT2D eigenvalue weighted by Crippen LogP contribution is -2.25. The van der Waals surface area contributed by atoms with E-state index in [-0.39, 0.29) is 23.6 Å². The number of nitrogens with one attached hydrogen (secondary N) is 1. The summed E-state index contributed by atoms with van der Waals surface area (Å²) in [5.74, 6) is 0.153. The van der Waals surface area contributed by atoms with Crippen LogP contribution in [0.2, 0.25) is 0 Å². The summed E-state index contributed by atoms with van der Waals surface area (Å²) in [6.07, 6.45) is 6.48. The lowest BCUT2D eigenvalue weighted by Gasteiger charge is -2.25. The molecule has 1 aromatic carbocycles. The number of thiophene rings is 1. The van der Waals surface area contributed by atoms with E-state index in [0.29, 0.717) is 11.2 Å². The van der Waals surface area contributed by atoms with Gasteiger partial charge in [0, 0.05) is 23.9 Å². The molecule has 0 unspecified atom stereocenters. The van der Waals surface area contributed by atoms with Crippen LogP contribution in [0.5, 0.6) is 0 Å². The van der Waals surface area contributed by atoms with Crippen LogP contribution in [-0.2, 0) is 17.8 Å². The van der Waals surface area contributed by atoms with Gasteiger partial charge in [0.2, 0.25) is 0 Å². The SMILES string of the molecule is N#C/C(C(=O)NCc1ccccc1)=C(/O)CSc1nnc(Cc2cccs2)n1C1CCCCC1. The highest BCUT2D eigenvalue weighted by molar-refractivity contribution is 7.99. The van der Waals surface area contributed by atoms with Gasteiger partial charge in [-0.1, -0.05) is 67.4 Å². The monoisotopic (exact) mass is 493 g/mol. The molecule has 0 atom stereocenters. The molecule has 1 saturated carbocycles. The first kappa shape index (κ1) is 24.0. The van der Waals surface area contributed by atoms with Crippen molar-refractivity contribution in [3.63, 3.8) is 0 Å². The summed E-state index contributed by atoms with van der Waals surface area (Å²) < 4.78 is 2.21. The van der Waals surface area contributed by atoms with Gasteiger partial charge in [-0.15, -0.1) is 21.5 Å². The normalized spacial score (nSPS) is 14.9. The maximum Gasteiger partial charge on any atom is 0.265 e. The van der Waals surface area contributed by atoms with Gasteiger partial charge in [-0.25, -0.2) is 0 Å². The third-order valence-electron chi connectivity index (χ3n) is 5.85. The Morgan fingerprint density at radius 1 is 1.18 bits per heavy atom. The topological polar surface area (TPSA) is 104 Å². The van der Waals surface area contributed by atoms with Gasteiger partial charge in [0.05, 0.1) is 5.75 Å². The fourth-order valence-corrected chi connectivity index (χ4v) is 5.72. The Labute approximate surface area is 207 Å². The van der Waals surface area contributed by atoms with Crippen molar-refractivity contribution in [2.24, 2.45) is 0 Å². The third-order valence-corrected chi connectivity index (χ3v) is 7.68. The van der Waals surface area contributed by atoms with E-state index in [9.17, 15) is 15.2 Å². The predicted molar refractivity (Wildman–Crippen MR) is 134 cm³/mol. The van der Waals surface area contributed by atoms with Gasteiger partial charge in [-0.05, 0) is 29.9 Å². The minimum Gasteiger partial charge on any atom is -0.510 e. The zero-order valence-corrected chi connectivity index (χ0v) is 20.4. The first-order valence-corrected chi connectivity index (χ1v) is 13.3. The van der Waals surface area contributed by atoms with E-state index < -0.39 is 5.91 Å². The molecule has 1 fully saturated rings. The molecule has 2 aromatic heterocycles. The fraction of sp³-hybridized carbons (Fsp3) is 0.360. The van der Waals surface area contributed by atoms with Crippen LogP contribution in [0.3, 0.4) is 0 Å². The molecule has 4 rings (SSSR count). The van der Waals surface area contributed by atoms with Crippen LogP contribution in [-0.4, -0.2) is 31.5 Å². The van der Waals surface area contributed by atoms with Gasteiger partial charge < -0.3 is 15.0 Å². The fourth-order valence-electron chi connectivity index (χ4n) is 4.12. The molecule has 2 N–H and O–H groups in total. The van der Waals surface area contributed by atoms with Gasteiger partial charge in [0.1, 0.15) is 17.7 Å². The van der Waals surface area contributed by atoms with Crippen LogP contribution in [0.1, 0.15) is 54.4 Å². The van der Waals surface area contributed by atoms with Gasteiger partial charge in [0.25, 0.3) is 5.91 Å². The van der Waals surface area contributed by atoms with Gasteiger partial charge >= 0.3 is 0 Å². The van der Waals surface area contributed by atoms with Crippen molar-refractivity contribution in [2.45, 2.75) is 56.3 Å². The van der Waals surface area contributed by atoms with Crippen molar-refractivity contribution in [3.8, 4) is 6.07 Å². The first-order chi connectivity index (χ1) is 16.7. The smallest absolute Gasteiger partial charge is 0.265 e. The minimum atomic E-state index is -0.586. The van der Waals surface area contributed by atoms with E-state index in [2.05, 4.69) is 31.5 Å². The molecule has 0 saturated heterocycles. The van der Waals surface area contributed by atoms with Crippen molar-refractivity contribution < 1.29 is 9.90 Å². The highest BCUT2D eigenvalue weighted by atomic mass is 32.2. The van der Waals surface area contributed by atoms with Gasteiger partial charge in [0.15, 0.2) is 10.7 Å². The summed E-state index contributed by atoms with van der Waals surface area (Å²) >= 11 is 3.01. The Hall–Kier alpha value is -3.09. The second-order valence-corrected chi connectivity index (χ2v) is 10.2. The summed E-state index contributed by atoms with van der Waals surface area (Å²) in [4.78, 5) is 13.7. The molecule has 3 aromatic rings. The Bertz CT molecular complexity index is 1160. The average molecular weight is 494 g/mol. The number of benzene rings is 1. The van der Waals surface area contributed by atoms with Crippen LogP contribution in [0.25, 0.3) is 0 Å². The van der Waals surface area contributed by atoms with E-state index >= 15 is 0 Å². The summed E-state index contributed by atoms with van der Waals surface area (Å²) in [6, 6.07) is 15.7. The Morgan fingerprint density at radius 3 is 2.68 bits per heavy atom. The van der Waals surface area contributed by atoms with Crippen LogP contribution in [0, 0.1) is 11.3 Å². The molecule has 9 heteroatoms. The number of hydrogen-bond donors (Lipinski definition) is 2. The Morgan fingerprint density at radius 2 is 1.97 bits per heavy atom. The number of carbonyl (C=O) groups is 1.